The molecule has 4 nitrogen and oxygen atoms in total. The average molecular weight is 251 g/mol. The molecule has 1 unspecified atom stereocenters. The summed E-state index contributed by atoms with van der Waals surface area (Å²) in [4.78, 5) is 11.6. The first kappa shape index (κ1) is 14.5. The number of hydrogen-bond donors (Lipinski definition) is 2. The van der Waals surface area contributed by atoms with Gasteiger partial charge in [-0.15, -0.1) is 0 Å². The van der Waals surface area contributed by atoms with E-state index in [2.05, 4.69) is 5.32 Å². The smallest absolute Gasteiger partial charge is 0.225 e. The lowest BCUT2D eigenvalue weighted by atomic mass is 10.1. The Morgan fingerprint density at radius 2 is 2.17 bits per heavy atom. The molecule has 1 aromatic rings. The molecule has 100 valence electrons. The Hall–Kier alpha value is -1.55. The molecule has 1 amide bonds. The Kier molecular flexibility index (Phi) is 6.22. The molecule has 0 aliphatic rings. The molecule has 2 N–H and O–H groups in total. The normalized spacial score (nSPS) is 11.9. The van der Waals surface area contributed by atoms with E-state index in [1.54, 1.807) is 7.11 Å². The van der Waals surface area contributed by atoms with E-state index in [4.69, 9.17) is 9.84 Å². The van der Waals surface area contributed by atoms with Crippen molar-refractivity contribution in [1.82, 2.24) is 5.32 Å². The van der Waals surface area contributed by atoms with Crippen molar-refractivity contribution in [3.8, 4) is 5.75 Å². The van der Waals surface area contributed by atoms with Crippen LogP contribution >= 0.6 is 0 Å². The first-order valence-corrected chi connectivity index (χ1v) is 6.23. The zero-order valence-electron chi connectivity index (χ0n) is 11.0. The SMILES string of the molecule is CCC(CO)C(=O)NCCc1ccccc1OC. The van der Waals surface area contributed by atoms with Gasteiger partial charge >= 0.3 is 0 Å². The third-order valence-corrected chi connectivity index (χ3v) is 2.97. The summed E-state index contributed by atoms with van der Waals surface area (Å²) in [6.45, 7) is 2.34. The maximum Gasteiger partial charge on any atom is 0.225 e. The number of aliphatic hydroxyl groups is 1. The van der Waals surface area contributed by atoms with E-state index in [0.29, 0.717) is 13.0 Å². The monoisotopic (exact) mass is 251 g/mol. The van der Waals surface area contributed by atoms with Gasteiger partial charge in [0.25, 0.3) is 0 Å². The highest BCUT2D eigenvalue weighted by molar-refractivity contribution is 5.78. The maximum atomic E-state index is 11.6. The summed E-state index contributed by atoms with van der Waals surface area (Å²) in [5, 5.41) is 11.8. The molecule has 18 heavy (non-hydrogen) atoms. The summed E-state index contributed by atoms with van der Waals surface area (Å²) in [7, 11) is 1.64. The zero-order valence-corrected chi connectivity index (χ0v) is 11.0. The van der Waals surface area contributed by atoms with Gasteiger partial charge in [0.15, 0.2) is 0 Å². The van der Waals surface area contributed by atoms with Crippen LogP contribution in [0.25, 0.3) is 0 Å². The van der Waals surface area contributed by atoms with E-state index in [0.717, 1.165) is 17.7 Å². The summed E-state index contributed by atoms with van der Waals surface area (Å²) < 4.78 is 5.24. The van der Waals surface area contributed by atoms with Crippen molar-refractivity contribution >= 4 is 5.91 Å². The highest BCUT2D eigenvalue weighted by Crippen LogP contribution is 2.17. The zero-order chi connectivity index (χ0) is 13.4. The lowest BCUT2D eigenvalue weighted by Crippen LogP contribution is -2.33. The molecular formula is C14H21NO3. The predicted molar refractivity (Wildman–Crippen MR) is 70.6 cm³/mol. The Morgan fingerprint density at radius 3 is 2.78 bits per heavy atom. The molecule has 0 saturated carbocycles. The van der Waals surface area contributed by atoms with Crippen molar-refractivity contribution in [2.75, 3.05) is 20.3 Å². The quantitative estimate of drug-likeness (QED) is 0.769. The molecule has 4 heteroatoms. The minimum atomic E-state index is -0.303. The minimum Gasteiger partial charge on any atom is -0.496 e. The Bertz CT molecular complexity index is 375. The number of aliphatic hydroxyl groups excluding tert-OH is 1. The average Bonchev–Trinajstić information content (AvgIpc) is 2.40. The second-order valence-corrected chi connectivity index (χ2v) is 4.14. The van der Waals surface area contributed by atoms with Gasteiger partial charge in [-0.05, 0) is 24.5 Å². The van der Waals surface area contributed by atoms with Crippen LogP contribution in [0.15, 0.2) is 24.3 Å². The van der Waals surface area contributed by atoms with Gasteiger partial charge in [-0.1, -0.05) is 25.1 Å². The lowest BCUT2D eigenvalue weighted by Gasteiger charge is -2.13. The first-order valence-electron chi connectivity index (χ1n) is 6.23. The fraction of sp³-hybridized carbons (Fsp3) is 0.500. The highest BCUT2D eigenvalue weighted by Gasteiger charge is 2.14. The summed E-state index contributed by atoms with van der Waals surface area (Å²) in [5.41, 5.74) is 1.07. The molecule has 0 aliphatic carbocycles. The molecule has 1 aromatic carbocycles. The number of ether oxygens (including phenoxy) is 1. The molecule has 0 spiro atoms. The van der Waals surface area contributed by atoms with Crippen molar-refractivity contribution < 1.29 is 14.6 Å². The van der Waals surface area contributed by atoms with Crippen LogP contribution in [-0.2, 0) is 11.2 Å². The molecule has 0 fully saturated rings. The number of hydrogen-bond acceptors (Lipinski definition) is 3. The highest BCUT2D eigenvalue weighted by atomic mass is 16.5. The van der Waals surface area contributed by atoms with Gasteiger partial charge in [0.1, 0.15) is 5.75 Å². The van der Waals surface area contributed by atoms with Crippen molar-refractivity contribution in [3.63, 3.8) is 0 Å². The molecule has 0 aromatic heterocycles. The van der Waals surface area contributed by atoms with Crippen LogP contribution in [0.3, 0.4) is 0 Å². The van der Waals surface area contributed by atoms with E-state index in [1.807, 2.05) is 31.2 Å². The number of methoxy groups -OCH3 is 1. The molecule has 0 radical (unpaired) electrons. The number of para-hydroxylation sites is 1. The first-order chi connectivity index (χ1) is 8.72. The predicted octanol–water partition coefficient (Wildman–Crippen LogP) is 1.37. The Labute approximate surface area is 108 Å². The van der Waals surface area contributed by atoms with Crippen LogP contribution in [0.4, 0.5) is 0 Å². The van der Waals surface area contributed by atoms with Crippen molar-refractivity contribution in [2.45, 2.75) is 19.8 Å². The summed E-state index contributed by atoms with van der Waals surface area (Å²) in [6, 6.07) is 7.75. The number of nitrogens with one attached hydrogen (secondary N) is 1. The molecule has 1 rings (SSSR count). The summed E-state index contributed by atoms with van der Waals surface area (Å²) in [6.07, 6.45) is 1.37. The standard InChI is InChI=1S/C14H21NO3/c1-3-11(10-16)14(17)15-9-8-12-6-4-5-7-13(12)18-2/h4-7,11,16H,3,8-10H2,1-2H3,(H,15,17). The van der Waals surface area contributed by atoms with Crippen molar-refractivity contribution in [3.05, 3.63) is 29.8 Å². The van der Waals surface area contributed by atoms with Gasteiger partial charge in [-0.2, -0.15) is 0 Å². The molecule has 0 saturated heterocycles. The van der Waals surface area contributed by atoms with Gasteiger partial charge in [0.05, 0.1) is 19.6 Å². The lowest BCUT2D eigenvalue weighted by molar-refractivity contribution is -0.126. The largest absolute Gasteiger partial charge is 0.496 e. The molecule has 0 aliphatic heterocycles. The second kappa shape index (κ2) is 7.71. The van der Waals surface area contributed by atoms with Crippen LogP contribution in [0.2, 0.25) is 0 Å². The van der Waals surface area contributed by atoms with Crippen LogP contribution in [-0.4, -0.2) is 31.3 Å². The van der Waals surface area contributed by atoms with Crippen LogP contribution in [0, 0.1) is 5.92 Å². The molecule has 0 bridgehead atoms. The Balaban J connectivity index is 2.44. The number of carbonyl (C=O) groups excluding carboxylic acids is 1. The van der Waals surface area contributed by atoms with Crippen molar-refractivity contribution in [2.24, 2.45) is 5.92 Å². The van der Waals surface area contributed by atoms with Gasteiger partial charge < -0.3 is 15.2 Å². The number of amides is 1. The fourth-order valence-electron chi connectivity index (χ4n) is 1.77. The van der Waals surface area contributed by atoms with E-state index in [1.165, 1.54) is 0 Å². The fourth-order valence-corrected chi connectivity index (χ4v) is 1.77. The number of rotatable bonds is 7. The van der Waals surface area contributed by atoms with Crippen molar-refractivity contribution in [1.29, 1.82) is 0 Å². The van der Waals surface area contributed by atoms with Gasteiger partial charge in [0.2, 0.25) is 5.91 Å². The molecule has 0 heterocycles. The number of benzene rings is 1. The Morgan fingerprint density at radius 1 is 1.44 bits per heavy atom. The van der Waals surface area contributed by atoms with E-state index in [9.17, 15) is 4.79 Å². The summed E-state index contributed by atoms with van der Waals surface area (Å²) in [5.74, 6) is 0.443. The number of carbonyl (C=O) groups is 1. The van der Waals surface area contributed by atoms with Gasteiger partial charge in [0, 0.05) is 6.54 Å². The van der Waals surface area contributed by atoms with E-state index in [-0.39, 0.29) is 18.4 Å². The third kappa shape index (κ3) is 4.04. The van der Waals surface area contributed by atoms with Crippen LogP contribution in [0.1, 0.15) is 18.9 Å². The molecule has 1 atom stereocenters. The molecular weight excluding hydrogens is 230 g/mol. The van der Waals surface area contributed by atoms with Gasteiger partial charge in [-0.3, -0.25) is 4.79 Å². The maximum absolute atomic E-state index is 11.6. The topological polar surface area (TPSA) is 58.6 Å². The van der Waals surface area contributed by atoms with Crippen LogP contribution in [0.5, 0.6) is 5.75 Å². The van der Waals surface area contributed by atoms with Crippen LogP contribution < -0.4 is 10.1 Å². The third-order valence-electron chi connectivity index (χ3n) is 2.97. The summed E-state index contributed by atoms with van der Waals surface area (Å²) >= 11 is 0. The van der Waals surface area contributed by atoms with E-state index >= 15 is 0 Å². The van der Waals surface area contributed by atoms with Gasteiger partial charge in [-0.25, -0.2) is 0 Å². The van der Waals surface area contributed by atoms with E-state index < -0.39 is 0 Å². The minimum absolute atomic E-state index is 0.0881. The second-order valence-electron chi connectivity index (χ2n) is 4.14.